The second kappa shape index (κ2) is 4.38. The quantitative estimate of drug-likeness (QED) is 0.855. The third kappa shape index (κ3) is 2.11. The van der Waals surface area contributed by atoms with E-state index in [1.165, 1.54) is 18.2 Å². The van der Waals surface area contributed by atoms with E-state index in [4.69, 9.17) is 5.73 Å². The monoisotopic (exact) mass is 239 g/mol. The van der Waals surface area contributed by atoms with E-state index in [9.17, 15) is 4.39 Å². The van der Waals surface area contributed by atoms with Crippen molar-refractivity contribution in [2.45, 2.75) is 37.5 Å². The molecule has 0 saturated carbocycles. The molecule has 0 radical (unpaired) electrons. The molecule has 3 heteroatoms. The fraction of sp³-hybridized carbons (Fsp3) is 0.538. The Balaban J connectivity index is 2.29. The number of benzene rings is 1. The highest BCUT2D eigenvalue weighted by molar-refractivity contribution is 8.00. The standard InChI is InChI=1S/C13H18FNS/c1-9-8-10(14)4-5-11(9)12(15)13(2)6-3-7-16-13/h4-5,8,12H,3,6-7,15H2,1-2H3. The Morgan fingerprint density at radius 2 is 2.25 bits per heavy atom. The van der Waals surface area contributed by atoms with Crippen LogP contribution < -0.4 is 5.73 Å². The molecule has 1 saturated heterocycles. The van der Waals surface area contributed by atoms with Gasteiger partial charge in [0.25, 0.3) is 0 Å². The minimum atomic E-state index is -0.183. The Labute approximate surface area is 101 Å². The lowest BCUT2D eigenvalue weighted by molar-refractivity contribution is 0.499. The number of rotatable bonds is 2. The zero-order valence-electron chi connectivity index (χ0n) is 9.79. The van der Waals surface area contributed by atoms with Gasteiger partial charge in [-0.05, 0) is 55.7 Å². The highest BCUT2D eigenvalue weighted by atomic mass is 32.2. The summed E-state index contributed by atoms with van der Waals surface area (Å²) in [6, 6.07) is 4.91. The van der Waals surface area contributed by atoms with Crippen molar-refractivity contribution >= 4 is 11.8 Å². The number of halogens is 1. The highest BCUT2D eigenvalue weighted by Gasteiger charge is 2.37. The van der Waals surface area contributed by atoms with Gasteiger partial charge in [-0.25, -0.2) is 4.39 Å². The molecule has 1 heterocycles. The Bertz CT molecular complexity index is 386. The van der Waals surface area contributed by atoms with Crippen molar-refractivity contribution in [3.8, 4) is 0 Å². The van der Waals surface area contributed by atoms with Gasteiger partial charge in [0.2, 0.25) is 0 Å². The van der Waals surface area contributed by atoms with E-state index in [1.807, 2.05) is 24.8 Å². The number of thioether (sulfide) groups is 1. The van der Waals surface area contributed by atoms with Crippen LogP contribution in [0.25, 0.3) is 0 Å². The van der Waals surface area contributed by atoms with Crippen LogP contribution in [0.1, 0.15) is 36.9 Å². The van der Waals surface area contributed by atoms with Gasteiger partial charge in [0.05, 0.1) is 0 Å². The molecule has 1 aromatic rings. The van der Waals surface area contributed by atoms with Gasteiger partial charge in [-0.2, -0.15) is 11.8 Å². The van der Waals surface area contributed by atoms with Crippen LogP contribution in [0, 0.1) is 12.7 Å². The van der Waals surface area contributed by atoms with Crippen molar-refractivity contribution < 1.29 is 4.39 Å². The average molecular weight is 239 g/mol. The number of hydrogen-bond donors (Lipinski definition) is 1. The fourth-order valence-corrected chi connectivity index (χ4v) is 3.71. The van der Waals surface area contributed by atoms with Gasteiger partial charge in [0, 0.05) is 10.8 Å². The average Bonchev–Trinajstić information content (AvgIpc) is 2.66. The molecule has 1 fully saturated rings. The molecule has 1 nitrogen and oxygen atoms in total. The van der Waals surface area contributed by atoms with Crippen LogP contribution in [0.5, 0.6) is 0 Å². The molecular formula is C13H18FNS. The highest BCUT2D eigenvalue weighted by Crippen LogP contribution is 2.45. The summed E-state index contributed by atoms with van der Waals surface area (Å²) in [6.45, 7) is 4.15. The predicted octanol–water partition coefficient (Wildman–Crippen LogP) is 3.42. The smallest absolute Gasteiger partial charge is 0.123 e. The first-order chi connectivity index (χ1) is 7.53. The molecule has 2 atom stereocenters. The zero-order valence-corrected chi connectivity index (χ0v) is 10.6. The normalized spacial score (nSPS) is 27.0. The second-order valence-corrected chi connectivity index (χ2v) is 6.37. The molecule has 0 amide bonds. The summed E-state index contributed by atoms with van der Waals surface area (Å²) >= 11 is 1.94. The van der Waals surface area contributed by atoms with E-state index >= 15 is 0 Å². The van der Waals surface area contributed by atoms with Crippen LogP contribution >= 0.6 is 11.8 Å². The van der Waals surface area contributed by atoms with Gasteiger partial charge in [0.15, 0.2) is 0 Å². The van der Waals surface area contributed by atoms with Gasteiger partial charge < -0.3 is 5.73 Å². The largest absolute Gasteiger partial charge is 0.323 e. The van der Waals surface area contributed by atoms with Crippen molar-refractivity contribution in [2.24, 2.45) is 5.73 Å². The molecule has 0 spiro atoms. The van der Waals surface area contributed by atoms with Crippen LogP contribution in [0.3, 0.4) is 0 Å². The zero-order chi connectivity index (χ0) is 11.8. The van der Waals surface area contributed by atoms with E-state index in [2.05, 4.69) is 6.92 Å². The van der Waals surface area contributed by atoms with Crippen molar-refractivity contribution in [1.29, 1.82) is 0 Å². The first-order valence-electron chi connectivity index (χ1n) is 5.68. The molecule has 0 bridgehead atoms. The second-order valence-electron chi connectivity index (χ2n) is 4.74. The minimum Gasteiger partial charge on any atom is -0.323 e. The molecule has 2 N–H and O–H groups in total. The van der Waals surface area contributed by atoms with E-state index in [0.717, 1.165) is 17.5 Å². The molecule has 2 rings (SSSR count). The Kier molecular flexibility index (Phi) is 3.27. The maximum absolute atomic E-state index is 13.0. The summed E-state index contributed by atoms with van der Waals surface area (Å²) in [5.41, 5.74) is 8.38. The molecule has 0 aromatic heterocycles. The van der Waals surface area contributed by atoms with Crippen LogP contribution in [-0.2, 0) is 0 Å². The van der Waals surface area contributed by atoms with E-state index in [-0.39, 0.29) is 16.6 Å². The summed E-state index contributed by atoms with van der Waals surface area (Å²) < 4.78 is 13.2. The maximum atomic E-state index is 13.0. The summed E-state index contributed by atoms with van der Waals surface area (Å²) in [4.78, 5) is 0. The van der Waals surface area contributed by atoms with Gasteiger partial charge in [-0.15, -0.1) is 0 Å². The lowest BCUT2D eigenvalue weighted by atomic mass is 9.89. The summed E-state index contributed by atoms with van der Waals surface area (Å²) in [7, 11) is 0. The molecule has 2 unspecified atom stereocenters. The van der Waals surface area contributed by atoms with Gasteiger partial charge in [-0.1, -0.05) is 6.07 Å². The number of hydrogen-bond acceptors (Lipinski definition) is 2. The van der Waals surface area contributed by atoms with Crippen LogP contribution in [0.2, 0.25) is 0 Å². The molecule has 1 aromatic carbocycles. The predicted molar refractivity (Wildman–Crippen MR) is 68.2 cm³/mol. The first-order valence-corrected chi connectivity index (χ1v) is 6.67. The molecule has 88 valence electrons. The summed E-state index contributed by atoms with van der Waals surface area (Å²) in [5.74, 6) is 1.00. The lowest BCUT2D eigenvalue weighted by Crippen LogP contribution is -2.33. The third-order valence-electron chi connectivity index (χ3n) is 3.47. The maximum Gasteiger partial charge on any atom is 0.123 e. The van der Waals surface area contributed by atoms with Crippen LogP contribution in [0.4, 0.5) is 4.39 Å². The van der Waals surface area contributed by atoms with Crippen molar-refractivity contribution in [3.05, 3.63) is 35.1 Å². The molecule has 16 heavy (non-hydrogen) atoms. The van der Waals surface area contributed by atoms with E-state index < -0.39 is 0 Å². The minimum absolute atomic E-state index is 0.000556. The van der Waals surface area contributed by atoms with Crippen molar-refractivity contribution in [1.82, 2.24) is 0 Å². The summed E-state index contributed by atoms with van der Waals surface area (Å²) in [5, 5.41) is 0. The number of aryl methyl sites for hydroxylation is 1. The molecule has 1 aliphatic rings. The van der Waals surface area contributed by atoms with E-state index in [0.29, 0.717) is 0 Å². The van der Waals surface area contributed by atoms with Gasteiger partial charge >= 0.3 is 0 Å². The number of nitrogens with two attached hydrogens (primary N) is 1. The van der Waals surface area contributed by atoms with Crippen LogP contribution in [0.15, 0.2) is 18.2 Å². The summed E-state index contributed by atoms with van der Waals surface area (Å²) in [6.07, 6.45) is 2.38. The topological polar surface area (TPSA) is 26.0 Å². The van der Waals surface area contributed by atoms with Crippen LogP contribution in [-0.4, -0.2) is 10.5 Å². The Hall–Kier alpha value is -0.540. The molecule has 1 aliphatic heterocycles. The SMILES string of the molecule is Cc1cc(F)ccc1C(N)C1(C)CCCS1. The van der Waals surface area contributed by atoms with Crippen molar-refractivity contribution in [2.75, 3.05) is 5.75 Å². The Morgan fingerprint density at radius 1 is 1.50 bits per heavy atom. The van der Waals surface area contributed by atoms with Crippen molar-refractivity contribution in [3.63, 3.8) is 0 Å². The lowest BCUT2D eigenvalue weighted by Gasteiger charge is -2.31. The van der Waals surface area contributed by atoms with Gasteiger partial charge in [0.1, 0.15) is 5.82 Å². The van der Waals surface area contributed by atoms with E-state index in [1.54, 1.807) is 6.07 Å². The first kappa shape index (κ1) is 11.9. The fourth-order valence-electron chi connectivity index (χ4n) is 2.36. The Morgan fingerprint density at radius 3 is 2.81 bits per heavy atom. The molecule has 0 aliphatic carbocycles. The molecular weight excluding hydrogens is 221 g/mol. The van der Waals surface area contributed by atoms with Gasteiger partial charge in [-0.3, -0.25) is 0 Å². The third-order valence-corrected chi connectivity index (χ3v) is 5.08.